The van der Waals surface area contributed by atoms with Gasteiger partial charge in [0.2, 0.25) is 5.91 Å². The van der Waals surface area contributed by atoms with E-state index in [2.05, 4.69) is 22.2 Å². The molecule has 4 N–H and O–H groups in total. The van der Waals surface area contributed by atoms with Crippen LogP contribution in [-0.2, 0) is 17.8 Å². The molecule has 0 aliphatic rings. The zero-order chi connectivity index (χ0) is 17.9. The molecule has 0 radical (unpaired) electrons. The molecule has 1 aromatic heterocycles. The predicted molar refractivity (Wildman–Crippen MR) is 91.7 cm³/mol. The van der Waals surface area contributed by atoms with Crippen molar-refractivity contribution in [1.82, 2.24) is 9.97 Å². The molecule has 0 bridgehead atoms. The van der Waals surface area contributed by atoms with Gasteiger partial charge in [-0.3, -0.25) is 9.59 Å². The van der Waals surface area contributed by atoms with Crippen LogP contribution >= 0.6 is 0 Å². The van der Waals surface area contributed by atoms with E-state index in [9.17, 15) is 4.79 Å². The van der Waals surface area contributed by atoms with E-state index in [1.54, 1.807) is 12.1 Å². The number of hydrogen-bond acceptors (Lipinski definition) is 5. The number of benzene rings is 1. The largest absolute Gasteiger partial charge is 0.483 e. The standard InChI is InChI=1S/C16H20N4O.CH2O2/c1-3-4-14-10-18-11(2)20-16(14)19-9-12-5-7-13(8-6-12)15(17)21;2-1-3/h5-8,10H,3-4,9H2,1-2H3,(H2,17,21)(H,18,19,20);1H,(H,2,3). The van der Waals surface area contributed by atoms with Gasteiger partial charge in [-0.25, -0.2) is 9.97 Å². The third-order valence-electron chi connectivity index (χ3n) is 3.20. The Morgan fingerprint density at radius 2 is 1.96 bits per heavy atom. The quantitative estimate of drug-likeness (QED) is 0.698. The first-order valence-corrected chi connectivity index (χ1v) is 7.54. The maximum atomic E-state index is 11.0. The van der Waals surface area contributed by atoms with E-state index < -0.39 is 5.91 Å². The van der Waals surface area contributed by atoms with Gasteiger partial charge in [0.15, 0.2) is 0 Å². The van der Waals surface area contributed by atoms with E-state index in [1.807, 2.05) is 25.3 Å². The predicted octanol–water partition coefficient (Wildman–Crippen LogP) is 2.15. The molecule has 0 spiro atoms. The molecule has 1 heterocycles. The minimum Gasteiger partial charge on any atom is -0.483 e. The van der Waals surface area contributed by atoms with Crippen LogP contribution in [0.2, 0.25) is 0 Å². The Kier molecular flexibility index (Phi) is 7.90. The third-order valence-corrected chi connectivity index (χ3v) is 3.20. The number of carbonyl (C=O) groups is 2. The van der Waals surface area contributed by atoms with Crippen molar-refractivity contribution in [3.05, 3.63) is 53.0 Å². The van der Waals surface area contributed by atoms with Gasteiger partial charge in [0.1, 0.15) is 11.6 Å². The van der Waals surface area contributed by atoms with Crippen molar-refractivity contribution in [3.8, 4) is 0 Å². The van der Waals surface area contributed by atoms with Crippen LogP contribution in [0.15, 0.2) is 30.5 Å². The van der Waals surface area contributed by atoms with Crippen LogP contribution in [0.25, 0.3) is 0 Å². The lowest BCUT2D eigenvalue weighted by Gasteiger charge is -2.11. The van der Waals surface area contributed by atoms with Gasteiger partial charge in [0.25, 0.3) is 6.47 Å². The molecule has 1 amide bonds. The van der Waals surface area contributed by atoms with Gasteiger partial charge in [-0.2, -0.15) is 0 Å². The Balaban J connectivity index is 0.000000891. The van der Waals surface area contributed by atoms with Crippen LogP contribution in [0.4, 0.5) is 5.82 Å². The van der Waals surface area contributed by atoms with E-state index in [4.69, 9.17) is 15.6 Å². The second-order valence-electron chi connectivity index (χ2n) is 5.06. The lowest BCUT2D eigenvalue weighted by molar-refractivity contribution is -0.122. The summed E-state index contributed by atoms with van der Waals surface area (Å²) < 4.78 is 0. The van der Waals surface area contributed by atoms with Crippen LogP contribution in [0.1, 0.15) is 40.7 Å². The van der Waals surface area contributed by atoms with Gasteiger partial charge in [-0.05, 0) is 31.0 Å². The molecule has 0 fully saturated rings. The highest BCUT2D eigenvalue weighted by Gasteiger charge is 2.05. The molecule has 128 valence electrons. The molecule has 2 aromatic rings. The number of nitrogens with zero attached hydrogens (tertiary/aromatic N) is 2. The molecule has 0 aliphatic carbocycles. The fourth-order valence-electron chi connectivity index (χ4n) is 2.07. The Morgan fingerprint density at radius 3 is 2.50 bits per heavy atom. The summed E-state index contributed by atoms with van der Waals surface area (Å²) in [6, 6.07) is 7.25. The highest BCUT2D eigenvalue weighted by atomic mass is 16.3. The second kappa shape index (κ2) is 9.94. The summed E-state index contributed by atoms with van der Waals surface area (Å²) in [5.41, 5.74) is 7.93. The van der Waals surface area contributed by atoms with Crippen LogP contribution in [0.3, 0.4) is 0 Å². The summed E-state index contributed by atoms with van der Waals surface area (Å²) in [4.78, 5) is 28.1. The fourth-order valence-corrected chi connectivity index (χ4v) is 2.07. The van der Waals surface area contributed by atoms with Crippen molar-refractivity contribution < 1.29 is 14.7 Å². The minimum absolute atomic E-state index is 0.250. The molecule has 24 heavy (non-hydrogen) atoms. The number of carbonyl (C=O) groups excluding carboxylic acids is 1. The van der Waals surface area contributed by atoms with Crippen molar-refractivity contribution in [1.29, 1.82) is 0 Å². The summed E-state index contributed by atoms with van der Waals surface area (Å²) in [5, 5.41) is 10.2. The average molecular weight is 330 g/mol. The van der Waals surface area contributed by atoms with Crippen LogP contribution in [0, 0.1) is 6.92 Å². The third kappa shape index (κ3) is 6.04. The van der Waals surface area contributed by atoms with E-state index in [0.29, 0.717) is 12.1 Å². The maximum Gasteiger partial charge on any atom is 0.290 e. The smallest absolute Gasteiger partial charge is 0.290 e. The number of amides is 1. The second-order valence-corrected chi connectivity index (χ2v) is 5.06. The molecule has 0 aliphatic heterocycles. The molecule has 1 aromatic carbocycles. The molecule has 0 saturated carbocycles. The number of rotatable bonds is 6. The normalized spacial score (nSPS) is 9.58. The summed E-state index contributed by atoms with van der Waals surface area (Å²) in [7, 11) is 0. The first-order chi connectivity index (χ1) is 11.5. The molecule has 0 atom stereocenters. The highest BCUT2D eigenvalue weighted by molar-refractivity contribution is 5.92. The molecular weight excluding hydrogens is 308 g/mol. The number of anilines is 1. The zero-order valence-electron chi connectivity index (χ0n) is 13.8. The topological polar surface area (TPSA) is 118 Å². The molecule has 2 rings (SSSR count). The van der Waals surface area contributed by atoms with Gasteiger partial charge < -0.3 is 16.2 Å². The highest BCUT2D eigenvalue weighted by Crippen LogP contribution is 2.15. The van der Waals surface area contributed by atoms with Gasteiger partial charge in [-0.15, -0.1) is 0 Å². The molecule has 7 nitrogen and oxygen atoms in total. The summed E-state index contributed by atoms with van der Waals surface area (Å²) in [6.45, 7) is 4.40. The maximum absolute atomic E-state index is 11.0. The molecule has 7 heteroatoms. The van der Waals surface area contributed by atoms with Crippen molar-refractivity contribution in [3.63, 3.8) is 0 Å². The first-order valence-electron chi connectivity index (χ1n) is 7.54. The summed E-state index contributed by atoms with van der Waals surface area (Å²) >= 11 is 0. The molecule has 0 unspecified atom stereocenters. The lowest BCUT2D eigenvalue weighted by Crippen LogP contribution is -2.11. The Bertz CT molecular complexity index is 672. The monoisotopic (exact) mass is 330 g/mol. The average Bonchev–Trinajstić information content (AvgIpc) is 2.56. The van der Waals surface area contributed by atoms with Gasteiger partial charge in [-0.1, -0.05) is 25.5 Å². The molecular formula is C17H22N4O3. The number of carboxylic acid groups (broad SMARTS) is 1. The van der Waals surface area contributed by atoms with Crippen molar-refractivity contribution in [2.24, 2.45) is 5.73 Å². The van der Waals surface area contributed by atoms with E-state index in [-0.39, 0.29) is 6.47 Å². The van der Waals surface area contributed by atoms with Crippen LogP contribution < -0.4 is 11.1 Å². The minimum atomic E-state index is -0.411. The van der Waals surface area contributed by atoms with Crippen molar-refractivity contribution >= 4 is 18.2 Å². The summed E-state index contributed by atoms with van der Waals surface area (Å²) in [6.07, 6.45) is 3.88. The number of nitrogens with one attached hydrogen (secondary N) is 1. The SMILES string of the molecule is CCCc1cnc(C)nc1NCc1ccc(C(N)=O)cc1.O=CO. The number of nitrogens with two attached hydrogens (primary N) is 1. The fraction of sp³-hybridized carbons (Fsp3) is 0.294. The zero-order valence-corrected chi connectivity index (χ0v) is 13.8. The Morgan fingerprint density at radius 1 is 1.33 bits per heavy atom. The van der Waals surface area contributed by atoms with Gasteiger partial charge >= 0.3 is 0 Å². The van der Waals surface area contributed by atoms with E-state index in [1.165, 1.54) is 0 Å². The Labute approximate surface area is 140 Å². The number of primary amides is 1. The Hall–Kier alpha value is -2.96. The first kappa shape index (κ1) is 19.1. The van der Waals surface area contributed by atoms with Gasteiger partial charge in [0, 0.05) is 23.9 Å². The van der Waals surface area contributed by atoms with Crippen LogP contribution in [-0.4, -0.2) is 27.5 Å². The van der Waals surface area contributed by atoms with E-state index in [0.717, 1.165) is 35.6 Å². The van der Waals surface area contributed by atoms with Crippen molar-refractivity contribution in [2.75, 3.05) is 5.32 Å². The van der Waals surface area contributed by atoms with E-state index >= 15 is 0 Å². The number of aryl methyl sites for hydroxylation is 2. The lowest BCUT2D eigenvalue weighted by atomic mass is 10.1. The number of aromatic nitrogens is 2. The molecule has 0 saturated heterocycles. The van der Waals surface area contributed by atoms with Crippen LogP contribution in [0.5, 0.6) is 0 Å². The number of hydrogen-bond donors (Lipinski definition) is 3. The van der Waals surface area contributed by atoms with Crippen molar-refractivity contribution in [2.45, 2.75) is 33.2 Å². The summed E-state index contributed by atoms with van der Waals surface area (Å²) in [5.74, 6) is 1.22. The van der Waals surface area contributed by atoms with Gasteiger partial charge in [0.05, 0.1) is 0 Å².